The molecule has 2 aromatic heterocycles. The van der Waals surface area contributed by atoms with Gasteiger partial charge in [0.2, 0.25) is 5.89 Å². The van der Waals surface area contributed by atoms with Crippen LogP contribution in [0.3, 0.4) is 0 Å². The molecule has 0 bridgehead atoms. The summed E-state index contributed by atoms with van der Waals surface area (Å²) in [6.07, 6.45) is 2.05. The van der Waals surface area contributed by atoms with Crippen molar-refractivity contribution in [2.45, 2.75) is 20.4 Å². The van der Waals surface area contributed by atoms with Gasteiger partial charge in [-0.05, 0) is 30.5 Å². The Bertz CT molecular complexity index is 666. The van der Waals surface area contributed by atoms with Crippen molar-refractivity contribution in [3.05, 3.63) is 47.7 Å². The zero-order valence-corrected chi connectivity index (χ0v) is 9.84. The number of hydrogen-bond acceptors (Lipinski definition) is 3. The van der Waals surface area contributed by atoms with Crippen molar-refractivity contribution in [2.75, 3.05) is 0 Å². The lowest BCUT2D eigenvalue weighted by Gasteiger charge is -2.01. The summed E-state index contributed by atoms with van der Waals surface area (Å²) >= 11 is 0. The van der Waals surface area contributed by atoms with Gasteiger partial charge in [0.15, 0.2) is 5.82 Å². The fraction of sp³-hybridized carbons (Fsp3) is 0.231. The molecule has 0 aliphatic rings. The van der Waals surface area contributed by atoms with E-state index in [1.807, 2.05) is 0 Å². The highest BCUT2D eigenvalue weighted by molar-refractivity contribution is 5.80. The first-order valence-electron chi connectivity index (χ1n) is 5.57. The van der Waals surface area contributed by atoms with E-state index in [2.05, 4.69) is 52.1 Å². The smallest absolute Gasteiger partial charge is 0.223 e. The molecule has 0 unspecified atom stereocenters. The van der Waals surface area contributed by atoms with Crippen LogP contribution < -0.4 is 0 Å². The number of nitrogens with zero attached hydrogens (tertiary/aromatic N) is 3. The lowest BCUT2D eigenvalue weighted by Crippen LogP contribution is -1.99. The lowest BCUT2D eigenvalue weighted by molar-refractivity contribution is 0.386. The molecule has 0 saturated carbocycles. The summed E-state index contributed by atoms with van der Waals surface area (Å²) in [5, 5.41) is 5.15. The molecule has 4 nitrogen and oxygen atoms in total. The van der Waals surface area contributed by atoms with Crippen LogP contribution in [0.15, 0.2) is 35.0 Å². The summed E-state index contributed by atoms with van der Waals surface area (Å²) < 4.78 is 7.09. The van der Waals surface area contributed by atoms with E-state index in [1.165, 1.54) is 16.5 Å². The van der Waals surface area contributed by atoms with Crippen molar-refractivity contribution in [1.82, 2.24) is 14.7 Å². The van der Waals surface area contributed by atoms with Gasteiger partial charge in [0, 0.05) is 18.6 Å². The number of rotatable bonds is 2. The van der Waals surface area contributed by atoms with E-state index in [0.717, 1.165) is 0 Å². The van der Waals surface area contributed by atoms with Gasteiger partial charge >= 0.3 is 0 Å². The SMILES string of the molecule is Cc1ccc2c(ccn2Cc2noc(C)n2)c1. The van der Waals surface area contributed by atoms with Crippen LogP contribution in [-0.2, 0) is 6.54 Å². The first-order valence-corrected chi connectivity index (χ1v) is 5.57. The molecular formula is C13H13N3O. The Morgan fingerprint density at radius 3 is 2.88 bits per heavy atom. The summed E-state index contributed by atoms with van der Waals surface area (Å²) in [7, 11) is 0. The summed E-state index contributed by atoms with van der Waals surface area (Å²) in [6.45, 7) is 4.54. The van der Waals surface area contributed by atoms with Crippen LogP contribution in [-0.4, -0.2) is 14.7 Å². The van der Waals surface area contributed by atoms with Crippen molar-refractivity contribution >= 4 is 10.9 Å². The second kappa shape index (κ2) is 3.73. The molecule has 2 heterocycles. The summed E-state index contributed by atoms with van der Waals surface area (Å²) in [6, 6.07) is 8.51. The second-order valence-corrected chi connectivity index (χ2v) is 4.24. The van der Waals surface area contributed by atoms with Gasteiger partial charge in [-0.15, -0.1) is 0 Å². The Labute approximate surface area is 98.9 Å². The fourth-order valence-corrected chi connectivity index (χ4v) is 2.02. The second-order valence-electron chi connectivity index (χ2n) is 4.24. The third kappa shape index (κ3) is 1.82. The van der Waals surface area contributed by atoms with Gasteiger partial charge in [0.25, 0.3) is 0 Å². The van der Waals surface area contributed by atoms with E-state index in [1.54, 1.807) is 6.92 Å². The van der Waals surface area contributed by atoms with Gasteiger partial charge in [-0.1, -0.05) is 16.8 Å². The molecule has 0 saturated heterocycles. The molecule has 0 aliphatic carbocycles. The molecule has 0 amide bonds. The molecule has 0 radical (unpaired) electrons. The van der Waals surface area contributed by atoms with Crippen LogP contribution >= 0.6 is 0 Å². The molecule has 3 aromatic rings. The van der Waals surface area contributed by atoms with Crippen LogP contribution in [0.1, 0.15) is 17.3 Å². The van der Waals surface area contributed by atoms with E-state index < -0.39 is 0 Å². The summed E-state index contributed by atoms with van der Waals surface area (Å²) in [5.41, 5.74) is 2.46. The predicted molar refractivity (Wildman–Crippen MR) is 64.8 cm³/mol. The fourth-order valence-electron chi connectivity index (χ4n) is 2.02. The Kier molecular flexibility index (Phi) is 2.21. The molecule has 0 aliphatic heterocycles. The minimum atomic E-state index is 0.604. The Balaban J connectivity index is 2.00. The zero-order valence-electron chi connectivity index (χ0n) is 9.84. The van der Waals surface area contributed by atoms with Crippen LogP contribution in [0.5, 0.6) is 0 Å². The minimum Gasteiger partial charge on any atom is -0.340 e. The van der Waals surface area contributed by atoms with E-state index in [9.17, 15) is 0 Å². The zero-order chi connectivity index (χ0) is 11.8. The maximum atomic E-state index is 4.97. The first kappa shape index (κ1) is 10.1. The van der Waals surface area contributed by atoms with Crippen molar-refractivity contribution in [1.29, 1.82) is 0 Å². The number of fused-ring (bicyclic) bond motifs is 1. The van der Waals surface area contributed by atoms with E-state index in [-0.39, 0.29) is 0 Å². The number of hydrogen-bond donors (Lipinski definition) is 0. The third-order valence-corrected chi connectivity index (χ3v) is 2.81. The van der Waals surface area contributed by atoms with Crippen molar-refractivity contribution in [2.24, 2.45) is 0 Å². The highest BCUT2D eigenvalue weighted by atomic mass is 16.5. The van der Waals surface area contributed by atoms with E-state index in [4.69, 9.17) is 4.52 Å². The van der Waals surface area contributed by atoms with Crippen molar-refractivity contribution in [3.63, 3.8) is 0 Å². The molecule has 0 spiro atoms. The third-order valence-electron chi connectivity index (χ3n) is 2.81. The molecule has 0 atom stereocenters. The standard InChI is InChI=1S/C13H13N3O/c1-9-3-4-12-11(7-9)5-6-16(12)8-13-14-10(2)17-15-13/h3-7H,8H2,1-2H3. The highest BCUT2D eigenvalue weighted by Crippen LogP contribution is 2.18. The Morgan fingerprint density at radius 2 is 2.12 bits per heavy atom. The van der Waals surface area contributed by atoms with Gasteiger partial charge in [0.05, 0.1) is 6.54 Å². The van der Waals surface area contributed by atoms with Crippen molar-refractivity contribution in [3.8, 4) is 0 Å². The topological polar surface area (TPSA) is 43.9 Å². The van der Waals surface area contributed by atoms with Gasteiger partial charge in [-0.3, -0.25) is 0 Å². The van der Waals surface area contributed by atoms with E-state index >= 15 is 0 Å². The van der Waals surface area contributed by atoms with Gasteiger partial charge in [-0.25, -0.2) is 0 Å². The molecule has 0 fully saturated rings. The monoisotopic (exact) mass is 227 g/mol. The molecule has 4 heteroatoms. The lowest BCUT2D eigenvalue weighted by atomic mass is 10.2. The Hall–Kier alpha value is -2.10. The first-order chi connectivity index (χ1) is 8.22. The van der Waals surface area contributed by atoms with Crippen LogP contribution in [0.25, 0.3) is 10.9 Å². The average molecular weight is 227 g/mol. The molecule has 0 N–H and O–H groups in total. The predicted octanol–water partition coefficient (Wildman–Crippen LogP) is 2.69. The average Bonchev–Trinajstić information content (AvgIpc) is 2.86. The Morgan fingerprint density at radius 1 is 1.24 bits per heavy atom. The van der Waals surface area contributed by atoms with Crippen LogP contribution in [0.2, 0.25) is 0 Å². The summed E-state index contributed by atoms with van der Waals surface area (Å²) in [5.74, 6) is 1.31. The van der Waals surface area contributed by atoms with E-state index in [0.29, 0.717) is 18.3 Å². The van der Waals surface area contributed by atoms with Crippen LogP contribution in [0.4, 0.5) is 0 Å². The largest absolute Gasteiger partial charge is 0.340 e. The molecular weight excluding hydrogens is 214 g/mol. The van der Waals surface area contributed by atoms with Gasteiger partial charge < -0.3 is 9.09 Å². The minimum absolute atomic E-state index is 0.604. The number of aryl methyl sites for hydroxylation is 2. The van der Waals surface area contributed by atoms with Crippen molar-refractivity contribution < 1.29 is 4.52 Å². The highest BCUT2D eigenvalue weighted by Gasteiger charge is 2.06. The van der Waals surface area contributed by atoms with Gasteiger partial charge in [-0.2, -0.15) is 4.98 Å². The van der Waals surface area contributed by atoms with Gasteiger partial charge in [0.1, 0.15) is 0 Å². The summed E-state index contributed by atoms with van der Waals surface area (Å²) in [4.78, 5) is 4.21. The number of benzene rings is 1. The maximum Gasteiger partial charge on any atom is 0.223 e. The quantitative estimate of drug-likeness (QED) is 0.676. The van der Waals surface area contributed by atoms with Crippen LogP contribution in [0, 0.1) is 13.8 Å². The number of aromatic nitrogens is 3. The molecule has 1 aromatic carbocycles. The molecule has 3 rings (SSSR count). The molecule has 86 valence electrons. The normalized spacial score (nSPS) is 11.2. The molecule has 17 heavy (non-hydrogen) atoms. The maximum absolute atomic E-state index is 4.97.